The molecule has 1 aliphatic rings. The van der Waals surface area contributed by atoms with Gasteiger partial charge in [0.2, 0.25) is 5.60 Å². The summed E-state index contributed by atoms with van der Waals surface area (Å²) in [6.07, 6.45) is 2.38. The van der Waals surface area contributed by atoms with E-state index in [0.717, 1.165) is 0 Å². The van der Waals surface area contributed by atoms with E-state index in [1.165, 1.54) is 26.0 Å². The molecule has 0 radical (unpaired) electrons. The standard InChI is InChI=1S/C20H22O6/c1-9-7-15(21)8-10(2)20(9,25)19(24)26-17-13(5)11(3)16(18(22)23)12(4)14(17)6/h7-8,25H,1-6H3,(H,22,23). The third-order valence-corrected chi connectivity index (χ3v) is 5.12. The molecule has 0 aromatic heterocycles. The van der Waals surface area contributed by atoms with Crippen LogP contribution in [0.25, 0.3) is 0 Å². The Bertz CT molecular complexity index is 850. The first-order valence-electron chi connectivity index (χ1n) is 8.12. The monoisotopic (exact) mass is 358 g/mol. The molecule has 0 saturated carbocycles. The highest BCUT2D eigenvalue weighted by atomic mass is 16.6. The number of carbonyl (C=O) groups excluding carboxylic acids is 2. The highest BCUT2D eigenvalue weighted by Crippen LogP contribution is 2.36. The maximum absolute atomic E-state index is 12.8. The van der Waals surface area contributed by atoms with Gasteiger partial charge in [-0.25, -0.2) is 9.59 Å². The Morgan fingerprint density at radius 2 is 1.31 bits per heavy atom. The topological polar surface area (TPSA) is 101 Å². The van der Waals surface area contributed by atoms with Gasteiger partial charge in [-0.05, 0) is 87.1 Å². The summed E-state index contributed by atoms with van der Waals surface area (Å²) in [6.45, 7) is 9.59. The zero-order chi connectivity index (χ0) is 20.0. The van der Waals surface area contributed by atoms with Gasteiger partial charge in [0.25, 0.3) is 0 Å². The Kier molecular flexibility index (Phi) is 4.92. The number of carboxylic acid groups (broad SMARTS) is 1. The number of esters is 1. The lowest BCUT2D eigenvalue weighted by Crippen LogP contribution is -2.46. The number of ketones is 1. The van der Waals surface area contributed by atoms with Gasteiger partial charge in [-0.2, -0.15) is 0 Å². The van der Waals surface area contributed by atoms with Gasteiger partial charge in [0, 0.05) is 0 Å². The van der Waals surface area contributed by atoms with Crippen LogP contribution in [0.3, 0.4) is 0 Å². The van der Waals surface area contributed by atoms with Crippen LogP contribution in [0, 0.1) is 27.7 Å². The van der Waals surface area contributed by atoms with Gasteiger partial charge in [0.15, 0.2) is 5.78 Å². The van der Waals surface area contributed by atoms with Gasteiger partial charge >= 0.3 is 11.9 Å². The van der Waals surface area contributed by atoms with Crippen LogP contribution in [0.15, 0.2) is 23.3 Å². The highest BCUT2D eigenvalue weighted by Gasteiger charge is 2.44. The minimum Gasteiger partial charge on any atom is -0.478 e. The summed E-state index contributed by atoms with van der Waals surface area (Å²) >= 11 is 0. The lowest BCUT2D eigenvalue weighted by atomic mass is 9.82. The van der Waals surface area contributed by atoms with Crippen LogP contribution in [0.1, 0.15) is 46.5 Å². The predicted molar refractivity (Wildman–Crippen MR) is 95.5 cm³/mol. The van der Waals surface area contributed by atoms with E-state index in [0.29, 0.717) is 22.3 Å². The minimum atomic E-state index is -2.03. The molecule has 0 unspecified atom stereocenters. The molecule has 0 saturated heterocycles. The van der Waals surface area contributed by atoms with E-state index in [9.17, 15) is 24.6 Å². The largest absolute Gasteiger partial charge is 0.478 e. The van der Waals surface area contributed by atoms with Crippen molar-refractivity contribution >= 4 is 17.7 Å². The van der Waals surface area contributed by atoms with Crippen molar-refractivity contribution in [1.29, 1.82) is 0 Å². The molecule has 0 atom stereocenters. The Morgan fingerprint density at radius 1 is 0.885 bits per heavy atom. The van der Waals surface area contributed by atoms with Gasteiger partial charge in [-0.3, -0.25) is 4.79 Å². The number of carbonyl (C=O) groups is 3. The minimum absolute atomic E-state index is 0.175. The number of ether oxygens (including phenoxy) is 1. The van der Waals surface area contributed by atoms with Gasteiger partial charge < -0.3 is 14.9 Å². The molecule has 0 bridgehead atoms. The molecular formula is C20H22O6. The number of hydrogen-bond donors (Lipinski definition) is 2. The van der Waals surface area contributed by atoms with E-state index in [2.05, 4.69) is 0 Å². The van der Waals surface area contributed by atoms with Crippen molar-refractivity contribution < 1.29 is 29.3 Å². The van der Waals surface area contributed by atoms with Gasteiger partial charge in [0.1, 0.15) is 5.75 Å². The van der Waals surface area contributed by atoms with Crippen LogP contribution in [0.4, 0.5) is 0 Å². The third-order valence-electron chi connectivity index (χ3n) is 5.12. The zero-order valence-corrected chi connectivity index (χ0v) is 15.7. The van der Waals surface area contributed by atoms with Crippen molar-refractivity contribution in [2.75, 3.05) is 0 Å². The molecule has 0 fully saturated rings. The van der Waals surface area contributed by atoms with E-state index < -0.39 is 17.5 Å². The first-order chi connectivity index (χ1) is 11.9. The molecule has 2 N–H and O–H groups in total. The van der Waals surface area contributed by atoms with Gasteiger partial charge in [-0.1, -0.05) is 0 Å². The lowest BCUT2D eigenvalue weighted by Gasteiger charge is -2.30. The third kappa shape index (κ3) is 2.86. The Morgan fingerprint density at radius 3 is 1.69 bits per heavy atom. The Balaban J connectivity index is 2.55. The fourth-order valence-corrected chi connectivity index (χ4v) is 3.23. The molecule has 6 heteroatoms. The second kappa shape index (κ2) is 6.53. The molecule has 1 aromatic rings. The SMILES string of the molecule is CC1=CC(=O)C=C(C)C1(O)C(=O)Oc1c(C)c(C)c(C(=O)O)c(C)c1C. The van der Waals surface area contributed by atoms with Crippen molar-refractivity contribution in [2.24, 2.45) is 0 Å². The average molecular weight is 358 g/mol. The summed E-state index contributed by atoms with van der Waals surface area (Å²) in [7, 11) is 0. The van der Waals surface area contributed by atoms with Crippen LogP contribution < -0.4 is 4.74 Å². The summed E-state index contributed by atoms with van der Waals surface area (Å²) in [5.74, 6) is -2.06. The van der Waals surface area contributed by atoms with E-state index in [1.807, 2.05) is 0 Å². The van der Waals surface area contributed by atoms with Crippen LogP contribution in [0.5, 0.6) is 5.75 Å². The summed E-state index contributed by atoms with van der Waals surface area (Å²) in [6, 6.07) is 0. The number of carboxylic acids is 1. The van der Waals surface area contributed by atoms with Crippen molar-refractivity contribution in [2.45, 2.75) is 47.1 Å². The fourth-order valence-electron chi connectivity index (χ4n) is 3.23. The first-order valence-corrected chi connectivity index (χ1v) is 8.12. The predicted octanol–water partition coefficient (Wildman–Crippen LogP) is 2.73. The lowest BCUT2D eigenvalue weighted by molar-refractivity contribution is -0.148. The number of hydrogen-bond acceptors (Lipinski definition) is 5. The average Bonchev–Trinajstić information content (AvgIpc) is 2.54. The second-order valence-electron chi connectivity index (χ2n) is 6.67. The van der Waals surface area contributed by atoms with E-state index in [4.69, 9.17) is 4.74 Å². The first kappa shape index (κ1) is 19.6. The highest BCUT2D eigenvalue weighted by molar-refractivity contribution is 6.06. The zero-order valence-electron chi connectivity index (χ0n) is 15.7. The normalized spacial score (nSPS) is 16.0. The Hall–Kier alpha value is -2.73. The van der Waals surface area contributed by atoms with Crippen LogP contribution in [-0.2, 0) is 9.59 Å². The van der Waals surface area contributed by atoms with Crippen molar-refractivity contribution in [3.05, 3.63) is 51.1 Å². The Labute approximate surface area is 151 Å². The van der Waals surface area contributed by atoms with Crippen molar-refractivity contribution in [1.82, 2.24) is 0 Å². The van der Waals surface area contributed by atoms with E-state index >= 15 is 0 Å². The molecule has 0 amide bonds. The van der Waals surface area contributed by atoms with Crippen molar-refractivity contribution in [3.63, 3.8) is 0 Å². The summed E-state index contributed by atoms with van der Waals surface area (Å²) in [5.41, 5.74) is 0.517. The molecule has 1 aromatic carbocycles. The molecule has 0 heterocycles. The van der Waals surface area contributed by atoms with Gasteiger partial charge in [0.05, 0.1) is 5.56 Å². The second-order valence-corrected chi connectivity index (χ2v) is 6.67. The molecule has 2 rings (SSSR count). The van der Waals surface area contributed by atoms with Crippen LogP contribution >= 0.6 is 0 Å². The van der Waals surface area contributed by atoms with Gasteiger partial charge in [-0.15, -0.1) is 0 Å². The maximum atomic E-state index is 12.8. The number of aromatic carboxylic acids is 1. The molecular weight excluding hydrogens is 336 g/mol. The van der Waals surface area contributed by atoms with Crippen molar-refractivity contribution in [3.8, 4) is 5.75 Å². The number of aliphatic hydroxyl groups is 1. The fraction of sp³-hybridized carbons (Fsp3) is 0.350. The molecule has 26 heavy (non-hydrogen) atoms. The molecule has 6 nitrogen and oxygen atoms in total. The number of rotatable bonds is 3. The van der Waals surface area contributed by atoms with E-state index in [-0.39, 0.29) is 28.2 Å². The maximum Gasteiger partial charge on any atom is 0.352 e. The summed E-state index contributed by atoms with van der Waals surface area (Å²) < 4.78 is 5.52. The molecule has 1 aliphatic carbocycles. The van der Waals surface area contributed by atoms with E-state index in [1.54, 1.807) is 27.7 Å². The summed E-state index contributed by atoms with van der Waals surface area (Å²) in [4.78, 5) is 35.9. The smallest absolute Gasteiger partial charge is 0.352 e. The van der Waals surface area contributed by atoms with Crippen LogP contribution in [0.2, 0.25) is 0 Å². The van der Waals surface area contributed by atoms with Crippen LogP contribution in [-0.4, -0.2) is 33.5 Å². The molecule has 0 spiro atoms. The summed E-state index contributed by atoms with van der Waals surface area (Å²) in [5, 5.41) is 20.3. The number of allylic oxidation sites excluding steroid dienone is 2. The molecule has 138 valence electrons. The number of benzene rings is 1. The molecule has 0 aliphatic heterocycles. The quantitative estimate of drug-likeness (QED) is 0.636.